The number of nitrogens with zero attached hydrogens (tertiary/aromatic N) is 2. The third-order valence-electron chi connectivity index (χ3n) is 3.27. The fourth-order valence-corrected chi connectivity index (χ4v) is 2.06. The molecule has 0 aliphatic heterocycles. The predicted octanol–water partition coefficient (Wildman–Crippen LogP) is 1.69. The van der Waals surface area contributed by atoms with Crippen LogP contribution in [0.1, 0.15) is 5.69 Å². The number of rotatable bonds is 7. The van der Waals surface area contributed by atoms with Crippen molar-refractivity contribution < 1.29 is 19.2 Å². The largest absolute Gasteiger partial charge is 0.490 e. The van der Waals surface area contributed by atoms with E-state index in [-0.39, 0.29) is 24.6 Å². The average molecular weight is 332 g/mol. The fourth-order valence-electron chi connectivity index (χ4n) is 2.06. The Bertz CT molecular complexity index is 785. The molecule has 8 heteroatoms. The van der Waals surface area contributed by atoms with E-state index in [1.165, 1.54) is 6.92 Å². The molecule has 0 radical (unpaired) electrons. The van der Waals surface area contributed by atoms with Crippen LogP contribution >= 0.6 is 0 Å². The van der Waals surface area contributed by atoms with Crippen LogP contribution in [0.2, 0.25) is 0 Å². The van der Waals surface area contributed by atoms with Crippen molar-refractivity contribution in [2.75, 3.05) is 13.2 Å². The van der Waals surface area contributed by atoms with Crippen molar-refractivity contribution in [1.29, 1.82) is 0 Å². The summed E-state index contributed by atoms with van der Waals surface area (Å²) in [5.41, 5.74) is -0.629. The Balaban J connectivity index is 1.90. The van der Waals surface area contributed by atoms with E-state index in [0.717, 1.165) is 16.7 Å². The van der Waals surface area contributed by atoms with Crippen LogP contribution in [-0.4, -0.2) is 28.7 Å². The molecule has 0 amide bonds. The number of ether oxygens (including phenoxy) is 2. The number of nitro groups is 1. The van der Waals surface area contributed by atoms with Gasteiger partial charge >= 0.3 is 5.97 Å². The van der Waals surface area contributed by atoms with Gasteiger partial charge in [0.15, 0.2) is 0 Å². The highest BCUT2D eigenvalue weighted by atomic mass is 16.6. The molecule has 24 heavy (non-hydrogen) atoms. The van der Waals surface area contributed by atoms with E-state index in [4.69, 9.17) is 9.47 Å². The Labute approximate surface area is 137 Å². The van der Waals surface area contributed by atoms with E-state index in [2.05, 4.69) is 0 Å². The number of benzene rings is 1. The van der Waals surface area contributed by atoms with Gasteiger partial charge in [0.05, 0.1) is 10.6 Å². The first-order valence-electron chi connectivity index (χ1n) is 7.17. The summed E-state index contributed by atoms with van der Waals surface area (Å²) in [7, 11) is 0. The van der Waals surface area contributed by atoms with Crippen molar-refractivity contribution in [3.63, 3.8) is 0 Å². The van der Waals surface area contributed by atoms with Crippen molar-refractivity contribution >= 4 is 11.7 Å². The number of esters is 1. The number of pyridine rings is 1. The van der Waals surface area contributed by atoms with Gasteiger partial charge in [0, 0.05) is 12.1 Å². The summed E-state index contributed by atoms with van der Waals surface area (Å²) in [4.78, 5) is 33.8. The zero-order valence-electron chi connectivity index (χ0n) is 13.0. The summed E-state index contributed by atoms with van der Waals surface area (Å²) in [5, 5.41) is 10.9. The van der Waals surface area contributed by atoms with Crippen molar-refractivity contribution in [3.05, 3.63) is 68.6 Å². The molecule has 0 unspecified atom stereocenters. The first-order chi connectivity index (χ1) is 11.5. The summed E-state index contributed by atoms with van der Waals surface area (Å²) < 4.78 is 11.4. The molecule has 2 aromatic rings. The highest BCUT2D eigenvalue weighted by Gasteiger charge is 2.17. The van der Waals surface area contributed by atoms with Crippen LogP contribution < -0.4 is 10.3 Å². The molecular weight excluding hydrogens is 316 g/mol. The minimum atomic E-state index is -0.669. The first kappa shape index (κ1) is 17.2. The molecule has 1 aromatic heterocycles. The second-order valence-corrected chi connectivity index (χ2v) is 4.87. The second kappa shape index (κ2) is 7.91. The van der Waals surface area contributed by atoms with Crippen LogP contribution in [0, 0.1) is 17.0 Å². The van der Waals surface area contributed by atoms with Crippen molar-refractivity contribution in [3.8, 4) is 5.75 Å². The molecule has 0 bridgehead atoms. The van der Waals surface area contributed by atoms with Gasteiger partial charge in [0.25, 0.3) is 11.2 Å². The van der Waals surface area contributed by atoms with E-state index >= 15 is 0 Å². The predicted molar refractivity (Wildman–Crippen MR) is 85.0 cm³/mol. The minimum absolute atomic E-state index is 0.0104. The summed E-state index contributed by atoms with van der Waals surface area (Å²) in [6.45, 7) is 1.19. The maximum absolute atomic E-state index is 11.8. The zero-order valence-corrected chi connectivity index (χ0v) is 13.0. The van der Waals surface area contributed by atoms with Gasteiger partial charge in [-0.05, 0) is 19.1 Å². The SMILES string of the molecule is Cc1c([N+](=O)[O-])ccc(=O)n1CC(=O)OCCOc1ccccc1. The Morgan fingerprint density at radius 1 is 1.17 bits per heavy atom. The molecule has 0 saturated heterocycles. The number of hydrogen-bond donors (Lipinski definition) is 0. The van der Waals surface area contributed by atoms with Crippen LogP contribution in [0.3, 0.4) is 0 Å². The Hall–Kier alpha value is -3.16. The zero-order chi connectivity index (χ0) is 17.5. The molecule has 1 aromatic carbocycles. The fraction of sp³-hybridized carbons (Fsp3) is 0.250. The second-order valence-electron chi connectivity index (χ2n) is 4.87. The quantitative estimate of drug-likeness (QED) is 0.331. The molecular formula is C16H16N2O6. The van der Waals surface area contributed by atoms with Crippen molar-refractivity contribution in [2.45, 2.75) is 13.5 Å². The molecule has 0 saturated carbocycles. The minimum Gasteiger partial charge on any atom is -0.490 e. The third-order valence-corrected chi connectivity index (χ3v) is 3.27. The van der Waals surface area contributed by atoms with Crippen LogP contribution in [0.5, 0.6) is 5.75 Å². The Morgan fingerprint density at radius 3 is 2.54 bits per heavy atom. The third kappa shape index (κ3) is 4.42. The number of carbonyl (C=O) groups excluding carboxylic acids is 1. The Kier molecular flexibility index (Phi) is 5.67. The van der Waals surface area contributed by atoms with E-state index < -0.39 is 23.0 Å². The molecule has 2 rings (SSSR count). The summed E-state index contributed by atoms with van der Waals surface area (Å²) >= 11 is 0. The highest BCUT2D eigenvalue weighted by molar-refractivity contribution is 5.69. The lowest BCUT2D eigenvalue weighted by Crippen LogP contribution is -2.27. The normalized spacial score (nSPS) is 10.2. The maximum atomic E-state index is 11.8. The highest BCUT2D eigenvalue weighted by Crippen LogP contribution is 2.14. The molecule has 0 aliphatic rings. The topological polar surface area (TPSA) is 101 Å². The number of carbonyl (C=O) groups is 1. The summed E-state index contributed by atoms with van der Waals surface area (Å²) in [5.74, 6) is -0.0170. The molecule has 126 valence electrons. The standard InChI is InChI=1S/C16H16N2O6/c1-12-14(18(21)22)7-8-15(19)17(12)11-16(20)24-10-9-23-13-5-3-2-4-6-13/h2-8H,9-11H2,1H3. The lowest BCUT2D eigenvalue weighted by atomic mass is 10.3. The maximum Gasteiger partial charge on any atom is 0.326 e. The summed E-state index contributed by atoms with van der Waals surface area (Å²) in [6.07, 6.45) is 0. The van der Waals surface area contributed by atoms with E-state index in [9.17, 15) is 19.7 Å². The molecule has 0 spiro atoms. The van der Waals surface area contributed by atoms with Crippen LogP contribution in [0.15, 0.2) is 47.3 Å². The summed E-state index contributed by atoms with van der Waals surface area (Å²) in [6, 6.07) is 11.2. The van der Waals surface area contributed by atoms with Crippen LogP contribution in [0.4, 0.5) is 5.69 Å². The molecule has 0 N–H and O–H groups in total. The van der Waals surface area contributed by atoms with Crippen LogP contribution in [-0.2, 0) is 16.1 Å². The molecule has 0 fully saturated rings. The van der Waals surface area contributed by atoms with Gasteiger partial charge < -0.3 is 9.47 Å². The average Bonchev–Trinajstić information content (AvgIpc) is 2.56. The number of para-hydroxylation sites is 1. The van der Waals surface area contributed by atoms with E-state index in [1.54, 1.807) is 12.1 Å². The lowest BCUT2D eigenvalue weighted by Gasteiger charge is -2.10. The monoisotopic (exact) mass is 332 g/mol. The van der Waals surface area contributed by atoms with Crippen LogP contribution in [0.25, 0.3) is 0 Å². The van der Waals surface area contributed by atoms with E-state index in [0.29, 0.717) is 5.75 Å². The molecule has 0 aliphatic carbocycles. The van der Waals surface area contributed by atoms with Gasteiger partial charge in [-0.3, -0.25) is 24.3 Å². The van der Waals surface area contributed by atoms with Crippen molar-refractivity contribution in [2.24, 2.45) is 0 Å². The smallest absolute Gasteiger partial charge is 0.326 e. The van der Waals surface area contributed by atoms with Gasteiger partial charge in [-0.25, -0.2) is 0 Å². The van der Waals surface area contributed by atoms with Gasteiger partial charge in [0.1, 0.15) is 25.5 Å². The number of aromatic nitrogens is 1. The van der Waals surface area contributed by atoms with Gasteiger partial charge in [0.2, 0.25) is 0 Å². The first-order valence-corrected chi connectivity index (χ1v) is 7.17. The lowest BCUT2D eigenvalue weighted by molar-refractivity contribution is -0.386. The Morgan fingerprint density at radius 2 is 1.88 bits per heavy atom. The number of hydrogen-bond acceptors (Lipinski definition) is 6. The van der Waals surface area contributed by atoms with Gasteiger partial charge in [-0.2, -0.15) is 0 Å². The molecule has 0 atom stereocenters. The molecule has 8 nitrogen and oxygen atoms in total. The van der Waals surface area contributed by atoms with E-state index in [1.807, 2.05) is 18.2 Å². The van der Waals surface area contributed by atoms with Gasteiger partial charge in [-0.15, -0.1) is 0 Å². The molecule has 1 heterocycles. The van der Waals surface area contributed by atoms with Gasteiger partial charge in [-0.1, -0.05) is 18.2 Å². The van der Waals surface area contributed by atoms with Crippen molar-refractivity contribution in [1.82, 2.24) is 4.57 Å².